The van der Waals surface area contributed by atoms with Gasteiger partial charge in [0, 0.05) is 16.9 Å². The Bertz CT molecular complexity index is 1040. The SMILES string of the molecule is CCOc1ccc([C@H](C)NS(=O)(=O)c2ccc(SC)c(NC(=O)C(C)C)c2)cc1OCC. The lowest BCUT2D eigenvalue weighted by Crippen LogP contribution is -2.27. The molecule has 0 aliphatic heterocycles. The lowest BCUT2D eigenvalue weighted by atomic mass is 10.1. The molecule has 0 saturated heterocycles. The van der Waals surface area contributed by atoms with Crippen LogP contribution in [0.4, 0.5) is 5.69 Å². The highest BCUT2D eigenvalue weighted by atomic mass is 32.2. The number of thioether (sulfide) groups is 1. The molecule has 0 bridgehead atoms. The first-order chi connectivity index (χ1) is 15.1. The van der Waals surface area contributed by atoms with Crippen LogP contribution in [0.25, 0.3) is 0 Å². The van der Waals surface area contributed by atoms with E-state index >= 15 is 0 Å². The molecule has 9 heteroatoms. The van der Waals surface area contributed by atoms with E-state index in [1.807, 2.05) is 26.2 Å². The number of ether oxygens (including phenoxy) is 2. The molecule has 176 valence electrons. The molecule has 2 aromatic rings. The maximum Gasteiger partial charge on any atom is 0.241 e. The van der Waals surface area contributed by atoms with E-state index in [0.29, 0.717) is 30.4 Å². The maximum atomic E-state index is 13.1. The lowest BCUT2D eigenvalue weighted by Gasteiger charge is -2.18. The highest BCUT2D eigenvalue weighted by Gasteiger charge is 2.21. The number of carbonyl (C=O) groups excluding carboxylic acids is 1. The summed E-state index contributed by atoms with van der Waals surface area (Å²) in [5.74, 6) is 0.795. The Balaban J connectivity index is 2.30. The van der Waals surface area contributed by atoms with E-state index < -0.39 is 16.1 Å². The minimum absolute atomic E-state index is 0.0807. The standard InChI is InChI=1S/C23H32N2O5S2/c1-7-29-20-11-9-17(13-21(20)30-8-2)16(5)25-32(27,28)18-10-12-22(31-6)19(14-18)24-23(26)15(3)4/h9-16,25H,7-8H2,1-6H3,(H,24,26)/t16-/m0/s1. The van der Waals surface area contributed by atoms with Gasteiger partial charge in [-0.05, 0) is 62.9 Å². The van der Waals surface area contributed by atoms with Gasteiger partial charge in [-0.1, -0.05) is 19.9 Å². The van der Waals surface area contributed by atoms with Crippen molar-refractivity contribution in [1.29, 1.82) is 0 Å². The first-order valence-electron chi connectivity index (χ1n) is 10.5. The zero-order valence-electron chi connectivity index (χ0n) is 19.4. The van der Waals surface area contributed by atoms with Crippen molar-refractivity contribution >= 4 is 33.4 Å². The van der Waals surface area contributed by atoms with E-state index in [4.69, 9.17) is 9.47 Å². The highest BCUT2D eigenvalue weighted by molar-refractivity contribution is 7.98. The van der Waals surface area contributed by atoms with Gasteiger partial charge in [0.25, 0.3) is 0 Å². The number of sulfonamides is 1. The fourth-order valence-corrected chi connectivity index (χ4v) is 4.73. The fraction of sp³-hybridized carbons (Fsp3) is 0.435. The Labute approximate surface area is 195 Å². The van der Waals surface area contributed by atoms with Crippen LogP contribution in [-0.2, 0) is 14.8 Å². The molecule has 2 N–H and O–H groups in total. The number of anilines is 1. The van der Waals surface area contributed by atoms with Gasteiger partial charge in [0.05, 0.1) is 23.8 Å². The fourth-order valence-electron chi connectivity index (χ4n) is 2.93. The van der Waals surface area contributed by atoms with E-state index in [2.05, 4.69) is 10.0 Å². The van der Waals surface area contributed by atoms with Crippen LogP contribution in [0.5, 0.6) is 11.5 Å². The minimum Gasteiger partial charge on any atom is -0.490 e. The number of nitrogens with one attached hydrogen (secondary N) is 2. The Morgan fingerprint density at radius 2 is 1.66 bits per heavy atom. The summed E-state index contributed by atoms with van der Waals surface area (Å²) >= 11 is 1.43. The van der Waals surface area contributed by atoms with Crippen molar-refractivity contribution in [2.75, 3.05) is 24.8 Å². The van der Waals surface area contributed by atoms with Gasteiger partial charge < -0.3 is 14.8 Å². The summed E-state index contributed by atoms with van der Waals surface area (Å²) in [4.78, 5) is 13.0. The van der Waals surface area contributed by atoms with Crippen molar-refractivity contribution in [1.82, 2.24) is 4.72 Å². The molecule has 0 saturated carbocycles. The van der Waals surface area contributed by atoms with Crippen molar-refractivity contribution in [3.63, 3.8) is 0 Å². The zero-order valence-corrected chi connectivity index (χ0v) is 21.0. The number of carbonyl (C=O) groups is 1. The van der Waals surface area contributed by atoms with Gasteiger partial charge in [0.15, 0.2) is 11.5 Å². The van der Waals surface area contributed by atoms with Gasteiger partial charge in [-0.15, -0.1) is 11.8 Å². The molecule has 7 nitrogen and oxygen atoms in total. The molecule has 0 aromatic heterocycles. The normalized spacial score (nSPS) is 12.5. The van der Waals surface area contributed by atoms with Crippen LogP contribution in [0.15, 0.2) is 46.2 Å². The van der Waals surface area contributed by atoms with Crippen LogP contribution >= 0.6 is 11.8 Å². The molecule has 1 amide bonds. The van der Waals surface area contributed by atoms with Crippen LogP contribution in [0, 0.1) is 5.92 Å². The van der Waals surface area contributed by atoms with Gasteiger partial charge in [-0.25, -0.2) is 13.1 Å². The smallest absolute Gasteiger partial charge is 0.241 e. The van der Waals surface area contributed by atoms with Gasteiger partial charge in [0.1, 0.15) is 0 Å². The Kier molecular flexibility index (Phi) is 9.42. The molecule has 0 fully saturated rings. The topological polar surface area (TPSA) is 93.7 Å². The average molecular weight is 481 g/mol. The van der Waals surface area contributed by atoms with Crippen LogP contribution < -0.4 is 19.5 Å². The van der Waals surface area contributed by atoms with E-state index in [1.165, 1.54) is 23.9 Å². The van der Waals surface area contributed by atoms with Crippen molar-refractivity contribution in [2.45, 2.75) is 50.5 Å². The number of benzene rings is 2. The second-order valence-electron chi connectivity index (χ2n) is 7.42. The second-order valence-corrected chi connectivity index (χ2v) is 9.98. The van der Waals surface area contributed by atoms with Gasteiger partial charge in [-0.2, -0.15) is 0 Å². The summed E-state index contributed by atoms with van der Waals surface area (Å²) in [6.45, 7) is 10.1. The van der Waals surface area contributed by atoms with Crippen LogP contribution in [0.3, 0.4) is 0 Å². The molecule has 2 rings (SSSR count). The quantitative estimate of drug-likeness (QED) is 0.447. The van der Waals surface area contributed by atoms with Crippen molar-refractivity contribution < 1.29 is 22.7 Å². The third-order valence-corrected chi connectivity index (χ3v) is 7.00. The second kappa shape index (κ2) is 11.6. The maximum absolute atomic E-state index is 13.1. The molecule has 0 aliphatic carbocycles. The number of hydrogen-bond acceptors (Lipinski definition) is 6. The Morgan fingerprint density at radius 1 is 1.00 bits per heavy atom. The number of rotatable bonds is 11. The van der Waals surface area contributed by atoms with E-state index in [1.54, 1.807) is 39.0 Å². The third kappa shape index (κ3) is 6.63. The van der Waals surface area contributed by atoms with Crippen LogP contribution in [0.2, 0.25) is 0 Å². The monoisotopic (exact) mass is 480 g/mol. The molecule has 0 radical (unpaired) electrons. The third-order valence-electron chi connectivity index (χ3n) is 4.66. The molecular formula is C23H32N2O5S2. The van der Waals surface area contributed by atoms with E-state index in [0.717, 1.165) is 10.5 Å². The van der Waals surface area contributed by atoms with Gasteiger partial charge >= 0.3 is 0 Å². The van der Waals surface area contributed by atoms with Crippen LogP contribution in [0.1, 0.15) is 46.2 Å². The summed E-state index contributed by atoms with van der Waals surface area (Å²) in [5.41, 5.74) is 1.22. The number of amides is 1. The molecule has 2 aromatic carbocycles. The largest absolute Gasteiger partial charge is 0.490 e. The predicted molar refractivity (Wildman–Crippen MR) is 129 cm³/mol. The van der Waals surface area contributed by atoms with Crippen molar-refractivity contribution in [2.24, 2.45) is 5.92 Å². The molecule has 1 atom stereocenters. The lowest BCUT2D eigenvalue weighted by molar-refractivity contribution is -0.118. The summed E-state index contributed by atoms with van der Waals surface area (Å²) in [5, 5.41) is 2.82. The molecule has 0 aliphatic rings. The first-order valence-corrected chi connectivity index (χ1v) is 13.2. The van der Waals surface area contributed by atoms with Crippen LogP contribution in [-0.4, -0.2) is 33.8 Å². The summed E-state index contributed by atoms with van der Waals surface area (Å²) in [6.07, 6.45) is 1.87. The summed E-state index contributed by atoms with van der Waals surface area (Å²) in [6, 6.07) is 9.59. The average Bonchev–Trinajstić information content (AvgIpc) is 2.74. The molecule has 0 heterocycles. The highest BCUT2D eigenvalue weighted by Crippen LogP contribution is 2.32. The van der Waals surface area contributed by atoms with Crippen molar-refractivity contribution in [3.8, 4) is 11.5 Å². The number of hydrogen-bond donors (Lipinski definition) is 2. The summed E-state index contributed by atoms with van der Waals surface area (Å²) in [7, 11) is -3.84. The Morgan fingerprint density at radius 3 is 2.25 bits per heavy atom. The summed E-state index contributed by atoms with van der Waals surface area (Å²) < 4.78 is 40.1. The minimum atomic E-state index is -3.84. The molecule has 0 unspecified atom stereocenters. The van der Waals surface area contributed by atoms with Gasteiger partial charge in [-0.3, -0.25) is 4.79 Å². The predicted octanol–water partition coefficient (Wildman–Crippen LogP) is 4.84. The molecule has 32 heavy (non-hydrogen) atoms. The Hall–Kier alpha value is -2.23. The van der Waals surface area contributed by atoms with E-state index in [9.17, 15) is 13.2 Å². The van der Waals surface area contributed by atoms with Gasteiger partial charge in [0.2, 0.25) is 15.9 Å². The molecule has 0 spiro atoms. The zero-order chi connectivity index (χ0) is 23.9. The molecular weight excluding hydrogens is 448 g/mol. The van der Waals surface area contributed by atoms with E-state index in [-0.39, 0.29) is 16.7 Å². The van der Waals surface area contributed by atoms with Crippen molar-refractivity contribution in [3.05, 3.63) is 42.0 Å². The first kappa shape index (κ1) is 26.0.